The monoisotopic (exact) mass is 384 g/mol. The minimum Gasteiger partial charge on any atom is -0.481 e. The quantitative estimate of drug-likeness (QED) is 0.768. The fourth-order valence-electron chi connectivity index (χ4n) is 3.23. The molecule has 0 aromatic heterocycles. The lowest BCUT2D eigenvalue weighted by Crippen LogP contribution is -2.34. The first-order valence-electron chi connectivity index (χ1n) is 9.10. The van der Waals surface area contributed by atoms with E-state index in [2.05, 4.69) is 5.32 Å². The van der Waals surface area contributed by atoms with Crippen molar-refractivity contribution in [2.45, 2.75) is 19.3 Å². The Morgan fingerprint density at radius 3 is 2.57 bits per heavy atom. The average Bonchev–Trinajstić information content (AvgIpc) is 3.11. The number of carbonyl (C=O) groups excluding carboxylic acids is 2. The van der Waals surface area contributed by atoms with Crippen LogP contribution in [0.25, 0.3) is 0 Å². The van der Waals surface area contributed by atoms with Gasteiger partial charge in [0.05, 0.1) is 11.5 Å². The van der Waals surface area contributed by atoms with Gasteiger partial charge in [0.1, 0.15) is 5.82 Å². The highest BCUT2D eigenvalue weighted by molar-refractivity contribution is 5.99. The summed E-state index contributed by atoms with van der Waals surface area (Å²) in [6.07, 6.45) is 1.40. The number of rotatable bonds is 7. The Morgan fingerprint density at radius 2 is 1.93 bits per heavy atom. The Morgan fingerprint density at radius 1 is 1.18 bits per heavy atom. The van der Waals surface area contributed by atoms with E-state index >= 15 is 0 Å². The standard InChI is InChI=1S/C21H21FN2O4/c22-18-9-8-16(24-10-4-7-19(24)25)12-17(18)20(26)23-13-15(21(27)28)11-14-5-2-1-3-6-14/h1-3,5-6,8-9,12,15H,4,7,10-11,13H2,(H,23,26)(H,27,28)/t15-/m1/s1. The van der Waals surface area contributed by atoms with E-state index in [9.17, 15) is 23.9 Å². The summed E-state index contributed by atoms with van der Waals surface area (Å²) in [5, 5.41) is 11.9. The Labute approximate surface area is 162 Å². The van der Waals surface area contributed by atoms with Gasteiger partial charge in [0.25, 0.3) is 5.91 Å². The van der Waals surface area contributed by atoms with Crippen LogP contribution in [0.15, 0.2) is 48.5 Å². The topological polar surface area (TPSA) is 86.7 Å². The van der Waals surface area contributed by atoms with Crippen molar-refractivity contribution in [3.8, 4) is 0 Å². The van der Waals surface area contributed by atoms with Crippen LogP contribution in [0, 0.1) is 11.7 Å². The lowest BCUT2D eigenvalue weighted by Gasteiger charge is -2.17. The third-order valence-corrected chi connectivity index (χ3v) is 4.76. The summed E-state index contributed by atoms with van der Waals surface area (Å²) < 4.78 is 14.2. The van der Waals surface area contributed by atoms with Crippen LogP contribution in [0.3, 0.4) is 0 Å². The molecule has 0 unspecified atom stereocenters. The van der Waals surface area contributed by atoms with Gasteiger partial charge in [0.15, 0.2) is 0 Å². The number of anilines is 1. The lowest BCUT2D eigenvalue weighted by atomic mass is 9.99. The Hall–Kier alpha value is -3.22. The van der Waals surface area contributed by atoms with Crippen molar-refractivity contribution in [3.63, 3.8) is 0 Å². The SMILES string of the molecule is O=C(NC[C@@H](Cc1ccccc1)C(=O)O)c1cc(N2CCCC2=O)ccc1F. The van der Waals surface area contributed by atoms with Crippen LogP contribution < -0.4 is 10.2 Å². The molecule has 0 aliphatic carbocycles. The predicted octanol–water partition coefficient (Wildman–Crippen LogP) is 2.63. The number of carbonyl (C=O) groups is 3. The second kappa shape index (κ2) is 8.65. The fraction of sp³-hybridized carbons (Fsp3) is 0.286. The van der Waals surface area contributed by atoms with Crippen LogP contribution in [0.2, 0.25) is 0 Å². The van der Waals surface area contributed by atoms with E-state index in [-0.39, 0.29) is 24.4 Å². The highest BCUT2D eigenvalue weighted by Crippen LogP contribution is 2.24. The number of amides is 2. The van der Waals surface area contributed by atoms with Crippen molar-refractivity contribution < 1.29 is 23.9 Å². The van der Waals surface area contributed by atoms with Crippen molar-refractivity contribution in [1.29, 1.82) is 0 Å². The largest absolute Gasteiger partial charge is 0.481 e. The van der Waals surface area contributed by atoms with Crippen LogP contribution in [-0.2, 0) is 16.0 Å². The first-order valence-corrected chi connectivity index (χ1v) is 9.10. The van der Waals surface area contributed by atoms with Gasteiger partial charge in [0, 0.05) is 25.2 Å². The minimum absolute atomic E-state index is 0.0632. The zero-order valence-electron chi connectivity index (χ0n) is 15.2. The molecule has 3 rings (SSSR count). The number of benzene rings is 2. The number of aliphatic carboxylic acids is 1. The third kappa shape index (κ3) is 4.54. The van der Waals surface area contributed by atoms with Crippen LogP contribution >= 0.6 is 0 Å². The second-order valence-electron chi connectivity index (χ2n) is 6.75. The summed E-state index contributed by atoms with van der Waals surface area (Å²) >= 11 is 0. The van der Waals surface area contributed by atoms with E-state index in [4.69, 9.17) is 0 Å². The molecule has 2 amide bonds. The Bertz CT molecular complexity index is 885. The maximum absolute atomic E-state index is 14.2. The smallest absolute Gasteiger partial charge is 0.308 e. The molecule has 0 radical (unpaired) electrons. The molecular weight excluding hydrogens is 363 g/mol. The summed E-state index contributed by atoms with van der Waals surface area (Å²) in [7, 11) is 0. The van der Waals surface area contributed by atoms with Crippen molar-refractivity contribution in [2.75, 3.05) is 18.0 Å². The highest BCUT2D eigenvalue weighted by atomic mass is 19.1. The molecule has 7 heteroatoms. The van der Waals surface area contributed by atoms with E-state index in [0.717, 1.165) is 18.1 Å². The Kier molecular flexibility index (Phi) is 6.03. The van der Waals surface area contributed by atoms with Crippen LogP contribution in [-0.4, -0.2) is 36.0 Å². The molecule has 146 valence electrons. The summed E-state index contributed by atoms with van der Waals surface area (Å²) in [5.74, 6) is -3.36. The predicted molar refractivity (Wildman–Crippen MR) is 102 cm³/mol. The van der Waals surface area contributed by atoms with Gasteiger partial charge in [-0.2, -0.15) is 0 Å². The van der Waals surface area contributed by atoms with E-state index in [1.54, 1.807) is 0 Å². The van der Waals surface area contributed by atoms with Crippen molar-refractivity contribution >= 4 is 23.5 Å². The molecule has 1 fully saturated rings. The van der Waals surface area contributed by atoms with Gasteiger partial charge in [-0.15, -0.1) is 0 Å². The number of carboxylic acid groups (broad SMARTS) is 1. The van der Waals surface area contributed by atoms with Gasteiger partial charge in [-0.25, -0.2) is 4.39 Å². The number of hydrogen-bond donors (Lipinski definition) is 2. The maximum atomic E-state index is 14.2. The summed E-state index contributed by atoms with van der Waals surface area (Å²) in [4.78, 5) is 37.4. The molecular formula is C21H21FN2O4. The first kappa shape index (κ1) is 19.5. The van der Waals surface area contributed by atoms with E-state index in [1.165, 1.54) is 17.0 Å². The number of nitrogens with zero attached hydrogens (tertiary/aromatic N) is 1. The molecule has 1 heterocycles. The molecule has 2 N–H and O–H groups in total. The van der Waals surface area contributed by atoms with Gasteiger partial charge in [-0.05, 0) is 36.6 Å². The molecule has 2 aromatic rings. The number of nitrogens with one attached hydrogen (secondary N) is 1. The maximum Gasteiger partial charge on any atom is 0.308 e. The number of hydrogen-bond acceptors (Lipinski definition) is 3. The molecule has 28 heavy (non-hydrogen) atoms. The zero-order chi connectivity index (χ0) is 20.1. The Balaban J connectivity index is 1.69. The summed E-state index contributed by atoms with van der Waals surface area (Å²) in [6.45, 7) is 0.402. The first-order chi connectivity index (χ1) is 13.5. The van der Waals surface area contributed by atoms with Crippen molar-refractivity contribution in [1.82, 2.24) is 5.32 Å². The molecule has 1 aliphatic rings. The number of carboxylic acids is 1. The van der Waals surface area contributed by atoms with Crippen LogP contribution in [0.1, 0.15) is 28.8 Å². The number of halogens is 1. The van der Waals surface area contributed by atoms with E-state index in [0.29, 0.717) is 18.7 Å². The summed E-state index contributed by atoms with van der Waals surface area (Å²) in [5.41, 5.74) is 1.10. The molecule has 6 nitrogen and oxygen atoms in total. The van der Waals surface area contributed by atoms with Crippen molar-refractivity contribution in [2.24, 2.45) is 5.92 Å². The van der Waals surface area contributed by atoms with Gasteiger partial charge in [0.2, 0.25) is 5.91 Å². The zero-order valence-corrected chi connectivity index (χ0v) is 15.2. The molecule has 1 aliphatic heterocycles. The summed E-state index contributed by atoms with van der Waals surface area (Å²) in [6, 6.07) is 13.0. The fourth-order valence-corrected chi connectivity index (χ4v) is 3.23. The van der Waals surface area contributed by atoms with E-state index < -0.39 is 23.6 Å². The van der Waals surface area contributed by atoms with Gasteiger partial charge in [-0.1, -0.05) is 30.3 Å². The molecule has 0 saturated carbocycles. The van der Waals surface area contributed by atoms with E-state index in [1.807, 2.05) is 30.3 Å². The van der Waals surface area contributed by atoms with Crippen LogP contribution in [0.4, 0.5) is 10.1 Å². The highest BCUT2D eigenvalue weighted by Gasteiger charge is 2.24. The molecule has 2 aromatic carbocycles. The average molecular weight is 384 g/mol. The normalized spacial score (nSPS) is 14.8. The molecule has 0 spiro atoms. The lowest BCUT2D eigenvalue weighted by molar-refractivity contribution is -0.141. The molecule has 1 saturated heterocycles. The van der Waals surface area contributed by atoms with Crippen LogP contribution in [0.5, 0.6) is 0 Å². The second-order valence-corrected chi connectivity index (χ2v) is 6.75. The molecule has 0 bridgehead atoms. The van der Waals surface area contributed by atoms with Gasteiger partial charge in [-0.3, -0.25) is 14.4 Å². The third-order valence-electron chi connectivity index (χ3n) is 4.76. The van der Waals surface area contributed by atoms with Gasteiger partial charge < -0.3 is 15.3 Å². The molecule has 1 atom stereocenters. The van der Waals surface area contributed by atoms with Gasteiger partial charge >= 0.3 is 5.97 Å². The minimum atomic E-state index is -1.04. The van der Waals surface area contributed by atoms with Crippen molar-refractivity contribution in [3.05, 3.63) is 65.5 Å².